The average molecular weight is 1020 g/mol. The summed E-state index contributed by atoms with van der Waals surface area (Å²) in [5.74, 6) is 0. The Morgan fingerprint density at radius 1 is 0.435 bits per heavy atom. The summed E-state index contributed by atoms with van der Waals surface area (Å²) in [6.45, 7) is 11.3. The van der Waals surface area contributed by atoms with Crippen molar-refractivity contribution in [2.45, 2.75) is 295 Å². The third kappa shape index (κ3) is 32.1. The van der Waals surface area contributed by atoms with Gasteiger partial charge in [-0.25, -0.2) is 0 Å². The summed E-state index contributed by atoms with van der Waals surface area (Å²) in [5.41, 5.74) is 0. The number of rotatable bonds is 48. The molecule has 1 rings (SSSR count). The van der Waals surface area contributed by atoms with Crippen LogP contribution < -0.4 is 10.2 Å². The molecular formula is C56H118N2O9Si2. The third-order valence-electron chi connectivity index (χ3n) is 15.2. The molecule has 11 nitrogen and oxygen atoms in total. The Balaban J connectivity index is 2.71. The standard InChI is InChI=1S/C56H118N2O9Si2/c1-11-13-15-17-19-21-23-25-27-29-31-33-35-37-39-41-45-57(5,6)47-43-49-68(63-9)65-55(52(4)60)56(54(62)53(61)51(3)59)66-69(64-10,67-68)50-44-48-58(7,8)46-42-40-38-36-34-32-30-28-26-24-22-20-18-16-14-12-2/h51-56,59,61H,11-50H2,1-10H3. The van der Waals surface area contributed by atoms with Crippen LogP contribution in [0.1, 0.15) is 246 Å². The number of unbranched alkanes of at least 4 members (excludes halogenated alkanes) is 30. The zero-order valence-corrected chi connectivity index (χ0v) is 49.4. The molecule has 1 heterocycles. The molecule has 0 aromatic heterocycles. The number of nitrogens with zero attached hydrogens (tertiary/aromatic N) is 2. The molecule has 0 spiro atoms. The van der Waals surface area contributed by atoms with Crippen molar-refractivity contribution < 1.29 is 51.2 Å². The van der Waals surface area contributed by atoms with Gasteiger partial charge in [0.05, 0.1) is 78.8 Å². The van der Waals surface area contributed by atoms with Crippen LogP contribution in [0.4, 0.5) is 0 Å². The average Bonchev–Trinajstić information content (AvgIpc) is 3.46. The molecule has 13 heteroatoms. The van der Waals surface area contributed by atoms with Crippen molar-refractivity contribution >= 4 is 17.6 Å². The Hall–Kier alpha value is -0.00623. The molecule has 0 saturated carbocycles. The Kier molecular flexibility index (Phi) is 39.2. The molecule has 1 aliphatic heterocycles. The molecule has 8 unspecified atom stereocenters. The Morgan fingerprint density at radius 2 is 0.696 bits per heavy atom. The van der Waals surface area contributed by atoms with Crippen molar-refractivity contribution in [3.8, 4) is 0 Å². The van der Waals surface area contributed by atoms with Crippen molar-refractivity contribution in [2.24, 2.45) is 0 Å². The molecule has 69 heavy (non-hydrogen) atoms. The van der Waals surface area contributed by atoms with E-state index in [1.807, 2.05) is 0 Å². The largest absolute Gasteiger partial charge is 0.850 e. The molecule has 1 fully saturated rings. The van der Waals surface area contributed by atoms with Crippen LogP contribution in [0.2, 0.25) is 12.1 Å². The first-order chi connectivity index (χ1) is 33.0. The smallest absolute Gasteiger partial charge is 0.493 e. The molecule has 1 aliphatic rings. The number of aliphatic hydroxyl groups excluding tert-OH is 2. The van der Waals surface area contributed by atoms with Gasteiger partial charge in [0, 0.05) is 39.1 Å². The maximum absolute atomic E-state index is 13.9. The summed E-state index contributed by atoms with van der Waals surface area (Å²) in [6.07, 6.45) is 36.1. The zero-order valence-electron chi connectivity index (χ0n) is 47.4. The van der Waals surface area contributed by atoms with Gasteiger partial charge in [-0.3, -0.25) is 0 Å². The highest BCUT2D eigenvalue weighted by molar-refractivity contribution is 6.75. The van der Waals surface area contributed by atoms with Crippen molar-refractivity contribution in [3.63, 3.8) is 0 Å². The quantitative estimate of drug-likeness (QED) is 0.0347. The molecule has 0 bridgehead atoms. The van der Waals surface area contributed by atoms with Crippen LogP contribution in [0.5, 0.6) is 0 Å². The van der Waals surface area contributed by atoms with Crippen LogP contribution in [0.25, 0.3) is 0 Å². The Morgan fingerprint density at radius 3 is 0.957 bits per heavy atom. The lowest BCUT2D eigenvalue weighted by atomic mass is 9.97. The lowest BCUT2D eigenvalue weighted by Gasteiger charge is -2.45. The predicted molar refractivity (Wildman–Crippen MR) is 289 cm³/mol. The van der Waals surface area contributed by atoms with Crippen LogP contribution in [0.15, 0.2) is 0 Å². The van der Waals surface area contributed by atoms with Crippen LogP contribution in [-0.4, -0.2) is 142 Å². The van der Waals surface area contributed by atoms with Crippen LogP contribution >= 0.6 is 0 Å². The van der Waals surface area contributed by atoms with Crippen LogP contribution in [0, 0.1) is 0 Å². The van der Waals surface area contributed by atoms with Gasteiger partial charge >= 0.3 is 17.6 Å². The molecule has 0 aliphatic carbocycles. The SMILES string of the molecule is CCCCCCCCCCCCCCCCCC[N+](C)(C)CCC[Si]1(OC)OC(C(C)[O-])C(C([O-])C(O)C(C)O)O[Si](CCC[N+](C)(C)CCCCCCCCCCCCCCCCCC)(OC)O1. The number of hydrogen-bond donors (Lipinski definition) is 2. The van der Waals surface area contributed by atoms with E-state index >= 15 is 0 Å². The first kappa shape index (κ1) is 67.0. The summed E-state index contributed by atoms with van der Waals surface area (Å²) in [6, 6.07) is 0.866. The van der Waals surface area contributed by atoms with E-state index in [9.17, 15) is 20.4 Å². The summed E-state index contributed by atoms with van der Waals surface area (Å²) in [5, 5.41) is 48.5. The molecule has 0 radical (unpaired) electrons. The van der Waals surface area contributed by atoms with Crippen molar-refractivity contribution in [3.05, 3.63) is 0 Å². The Bertz CT molecular complexity index is 1170. The van der Waals surface area contributed by atoms with E-state index in [0.717, 1.165) is 48.0 Å². The van der Waals surface area contributed by atoms with E-state index in [2.05, 4.69) is 42.0 Å². The first-order valence-corrected chi connectivity index (χ1v) is 33.4. The molecule has 0 aromatic rings. The minimum Gasteiger partial charge on any atom is -0.850 e. The first-order valence-electron chi connectivity index (χ1n) is 29.5. The summed E-state index contributed by atoms with van der Waals surface area (Å²) >= 11 is 0. The van der Waals surface area contributed by atoms with Gasteiger partial charge in [-0.15, -0.1) is 6.10 Å². The summed E-state index contributed by atoms with van der Waals surface area (Å²) in [4.78, 5) is 0. The maximum Gasteiger partial charge on any atom is 0.493 e. The Labute approximate surface area is 430 Å². The predicted octanol–water partition coefficient (Wildman–Crippen LogP) is 11.6. The van der Waals surface area contributed by atoms with E-state index in [1.165, 1.54) is 219 Å². The fourth-order valence-electron chi connectivity index (χ4n) is 10.4. The summed E-state index contributed by atoms with van der Waals surface area (Å²) in [7, 11) is 4.83. The highest BCUT2D eigenvalue weighted by Crippen LogP contribution is 2.36. The van der Waals surface area contributed by atoms with Gasteiger partial charge in [0.15, 0.2) is 0 Å². The molecular weight excluding hydrogens is 901 g/mol. The number of quaternary nitrogens is 2. The second kappa shape index (κ2) is 40.3. The molecule has 0 aromatic carbocycles. The van der Waals surface area contributed by atoms with Gasteiger partial charge in [0.1, 0.15) is 0 Å². The van der Waals surface area contributed by atoms with E-state index < -0.39 is 54.2 Å². The van der Waals surface area contributed by atoms with Crippen LogP contribution in [0.3, 0.4) is 0 Å². The highest BCUT2D eigenvalue weighted by atomic mass is 28.5. The topological polar surface area (TPSA) is 133 Å². The van der Waals surface area contributed by atoms with Crippen molar-refractivity contribution in [1.29, 1.82) is 0 Å². The zero-order chi connectivity index (χ0) is 51.3. The van der Waals surface area contributed by atoms with Gasteiger partial charge in [-0.1, -0.05) is 207 Å². The monoisotopic (exact) mass is 1020 g/mol. The molecule has 414 valence electrons. The van der Waals surface area contributed by atoms with Gasteiger partial charge in [0.2, 0.25) is 0 Å². The number of aliphatic hydroxyl groups is 2. The van der Waals surface area contributed by atoms with Crippen molar-refractivity contribution in [2.75, 3.05) is 68.6 Å². The van der Waals surface area contributed by atoms with E-state index in [-0.39, 0.29) is 0 Å². The van der Waals surface area contributed by atoms with Gasteiger partial charge in [0.25, 0.3) is 0 Å². The number of hydrogen-bond acceptors (Lipinski definition) is 9. The van der Waals surface area contributed by atoms with E-state index in [4.69, 9.17) is 21.8 Å². The summed E-state index contributed by atoms with van der Waals surface area (Å²) < 4.78 is 34.4. The molecule has 0 amide bonds. The van der Waals surface area contributed by atoms with Crippen molar-refractivity contribution in [1.82, 2.24) is 0 Å². The van der Waals surface area contributed by atoms with Gasteiger partial charge in [-0.2, -0.15) is 0 Å². The normalized spacial score (nSPS) is 22.2. The second-order valence-corrected chi connectivity index (χ2v) is 28.9. The highest BCUT2D eigenvalue weighted by Gasteiger charge is 2.59. The van der Waals surface area contributed by atoms with E-state index in [0.29, 0.717) is 12.1 Å². The third-order valence-corrected chi connectivity index (χ3v) is 22.2. The minimum atomic E-state index is -3.72. The lowest BCUT2D eigenvalue weighted by Crippen LogP contribution is -2.63. The van der Waals surface area contributed by atoms with Gasteiger partial charge < -0.3 is 51.2 Å². The molecule has 1 saturated heterocycles. The van der Waals surface area contributed by atoms with E-state index in [1.54, 1.807) is 14.2 Å². The molecule has 8 atom stereocenters. The second-order valence-electron chi connectivity index (χ2n) is 23.0. The fraction of sp³-hybridized carbons (Fsp3) is 1.00. The minimum absolute atomic E-state index is 0.417. The lowest BCUT2D eigenvalue weighted by molar-refractivity contribution is -0.890. The maximum atomic E-state index is 13.9. The fourth-order valence-corrected chi connectivity index (χ4v) is 17.6. The molecule has 2 N–H and O–H groups in total. The van der Waals surface area contributed by atoms with Gasteiger partial charge in [-0.05, 0) is 32.6 Å². The van der Waals surface area contributed by atoms with Crippen LogP contribution in [-0.2, 0) is 21.8 Å².